The molecule has 9 heteroatoms. The number of hydrogen-bond acceptors (Lipinski definition) is 5. The number of anilines is 1. The Morgan fingerprint density at radius 3 is 2.50 bits per heavy atom. The van der Waals surface area contributed by atoms with E-state index >= 15 is 0 Å². The summed E-state index contributed by atoms with van der Waals surface area (Å²) in [6.07, 6.45) is 3.55. The number of pyridine rings is 1. The third-order valence-electron chi connectivity index (χ3n) is 5.52. The second-order valence-electron chi connectivity index (χ2n) is 7.55. The minimum Gasteiger partial charge on any atom is -0.350 e. The number of benzene rings is 1. The Hall–Kier alpha value is -2.78. The van der Waals surface area contributed by atoms with Gasteiger partial charge in [-0.1, -0.05) is 6.07 Å². The first-order chi connectivity index (χ1) is 14.4. The maximum Gasteiger partial charge on any atom is 0.243 e. The van der Waals surface area contributed by atoms with Gasteiger partial charge in [0.1, 0.15) is 0 Å². The van der Waals surface area contributed by atoms with Gasteiger partial charge in [0.15, 0.2) is 0 Å². The molecule has 0 bridgehead atoms. The second-order valence-corrected chi connectivity index (χ2v) is 9.49. The summed E-state index contributed by atoms with van der Waals surface area (Å²) in [6, 6.07) is 11.8. The largest absolute Gasteiger partial charge is 0.350 e. The first-order valence-electron chi connectivity index (χ1n) is 10.0. The van der Waals surface area contributed by atoms with Gasteiger partial charge in [-0.05, 0) is 49.2 Å². The Bertz CT molecular complexity index is 1020. The van der Waals surface area contributed by atoms with Crippen LogP contribution in [0, 0.1) is 5.92 Å². The van der Waals surface area contributed by atoms with Gasteiger partial charge in [-0.3, -0.25) is 14.6 Å². The van der Waals surface area contributed by atoms with Gasteiger partial charge in [0, 0.05) is 37.9 Å². The number of nitrogens with zero attached hydrogens (tertiary/aromatic N) is 3. The van der Waals surface area contributed by atoms with Crippen LogP contribution in [0.3, 0.4) is 0 Å². The summed E-state index contributed by atoms with van der Waals surface area (Å²) >= 11 is 0. The number of aromatic nitrogens is 1. The Balaban J connectivity index is 1.39. The number of carbonyl (C=O) groups is 2. The maximum atomic E-state index is 12.6. The van der Waals surface area contributed by atoms with Crippen molar-refractivity contribution in [1.82, 2.24) is 14.6 Å². The van der Waals surface area contributed by atoms with Gasteiger partial charge in [0.25, 0.3) is 0 Å². The van der Waals surface area contributed by atoms with Crippen LogP contribution in [0.25, 0.3) is 0 Å². The summed E-state index contributed by atoms with van der Waals surface area (Å²) in [5, 5.41) is 2.83. The van der Waals surface area contributed by atoms with E-state index in [1.165, 1.54) is 21.3 Å². The van der Waals surface area contributed by atoms with Crippen molar-refractivity contribution in [2.45, 2.75) is 30.7 Å². The zero-order chi connectivity index (χ0) is 21.1. The fourth-order valence-electron chi connectivity index (χ4n) is 3.83. The molecule has 1 aromatic heterocycles. The molecule has 2 aliphatic rings. The highest BCUT2D eigenvalue weighted by Crippen LogP contribution is 2.28. The number of rotatable bonds is 6. The molecule has 2 fully saturated rings. The zero-order valence-corrected chi connectivity index (χ0v) is 17.3. The highest BCUT2D eigenvalue weighted by molar-refractivity contribution is 7.89. The summed E-state index contributed by atoms with van der Waals surface area (Å²) in [7, 11) is -3.49. The van der Waals surface area contributed by atoms with Crippen LogP contribution in [0.4, 0.5) is 5.69 Å². The molecule has 0 aliphatic carbocycles. The number of carbonyl (C=O) groups excluding carboxylic acids is 2. The van der Waals surface area contributed by atoms with Crippen molar-refractivity contribution in [2.24, 2.45) is 5.92 Å². The van der Waals surface area contributed by atoms with E-state index in [1.54, 1.807) is 24.4 Å². The quantitative estimate of drug-likeness (QED) is 0.752. The molecule has 1 atom stereocenters. The molecule has 4 rings (SSSR count). The highest BCUT2D eigenvalue weighted by atomic mass is 32.2. The van der Waals surface area contributed by atoms with Crippen LogP contribution in [-0.2, 0) is 26.2 Å². The van der Waals surface area contributed by atoms with E-state index in [4.69, 9.17) is 0 Å². The molecule has 0 spiro atoms. The minimum absolute atomic E-state index is 0.127. The summed E-state index contributed by atoms with van der Waals surface area (Å²) in [5.74, 6) is -0.790. The summed E-state index contributed by atoms with van der Waals surface area (Å²) in [6.45, 7) is 1.67. The van der Waals surface area contributed by atoms with Crippen molar-refractivity contribution in [1.29, 1.82) is 0 Å². The molecule has 2 saturated heterocycles. The third kappa shape index (κ3) is 4.22. The third-order valence-corrected chi connectivity index (χ3v) is 7.43. The molecular formula is C21H24N4O4S. The topological polar surface area (TPSA) is 99.7 Å². The second kappa shape index (κ2) is 8.53. The van der Waals surface area contributed by atoms with Gasteiger partial charge in [-0.15, -0.1) is 0 Å². The molecule has 2 aliphatic heterocycles. The van der Waals surface area contributed by atoms with E-state index in [2.05, 4.69) is 10.3 Å². The van der Waals surface area contributed by atoms with Crippen molar-refractivity contribution in [3.63, 3.8) is 0 Å². The number of amides is 2. The van der Waals surface area contributed by atoms with Crippen LogP contribution >= 0.6 is 0 Å². The lowest BCUT2D eigenvalue weighted by atomic mass is 10.1. The lowest BCUT2D eigenvalue weighted by Gasteiger charge is -2.19. The maximum absolute atomic E-state index is 12.6. The van der Waals surface area contributed by atoms with E-state index in [0.29, 0.717) is 25.3 Å². The molecule has 0 unspecified atom stereocenters. The smallest absolute Gasteiger partial charge is 0.243 e. The number of nitrogens with one attached hydrogen (secondary N) is 1. The highest BCUT2D eigenvalue weighted by Gasteiger charge is 2.35. The molecule has 2 aromatic rings. The lowest BCUT2D eigenvalue weighted by molar-refractivity contribution is -0.126. The average Bonchev–Trinajstić information content (AvgIpc) is 3.43. The fourth-order valence-corrected chi connectivity index (χ4v) is 5.35. The van der Waals surface area contributed by atoms with E-state index in [-0.39, 0.29) is 29.7 Å². The SMILES string of the molecule is O=C(NCc1ccccn1)[C@@H]1CC(=O)N(c2ccc(S(=O)(=O)N3CCCC3)cc2)C1. The minimum atomic E-state index is -3.49. The van der Waals surface area contributed by atoms with Gasteiger partial charge in [-0.25, -0.2) is 8.42 Å². The van der Waals surface area contributed by atoms with Crippen molar-refractivity contribution in [3.05, 3.63) is 54.4 Å². The van der Waals surface area contributed by atoms with Crippen LogP contribution in [0.15, 0.2) is 53.6 Å². The van der Waals surface area contributed by atoms with E-state index in [9.17, 15) is 18.0 Å². The molecule has 8 nitrogen and oxygen atoms in total. The molecule has 0 radical (unpaired) electrons. The number of sulfonamides is 1. The Morgan fingerprint density at radius 2 is 1.83 bits per heavy atom. The predicted octanol–water partition coefficient (Wildman–Crippen LogP) is 1.54. The van der Waals surface area contributed by atoms with Crippen LogP contribution in [0.5, 0.6) is 0 Å². The van der Waals surface area contributed by atoms with Crippen LogP contribution in [0.2, 0.25) is 0 Å². The van der Waals surface area contributed by atoms with E-state index in [0.717, 1.165) is 18.5 Å². The van der Waals surface area contributed by atoms with Crippen molar-refractivity contribution < 1.29 is 18.0 Å². The summed E-state index contributed by atoms with van der Waals surface area (Å²) < 4.78 is 26.8. The van der Waals surface area contributed by atoms with Gasteiger partial charge in [0.05, 0.1) is 23.1 Å². The Morgan fingerprint density at radius 1 is 1.10 bits per heavy atom. The van der Waals surface area contributed by atoms with Crippen LogP contribution < -0.4 is 10.2 Å². The standard InChI is InChI=1S/C21H24N4O4S/c26-20-13-16(21(27)23-14-17-5-1-2-10-22-17)15-25(20)18-6-8-19(9-7-18)30(28,29)24-11-3-4-12-24/h1-2,5-10,16H,3-4,11-15H2,(H,23,27)/t16-/m1/s1. The number of hydrogen-bond donors (Lipinski definition) is 1. The molecule has 1 aromatic carbocycles. The average molecular weight is 429 g/mol. The molecule has 0 saturated carbocycles. The van der Waals surface area contributed by atoms with E-state index < -0.39 is 15.9 Å². The molecule has 30 heavy (non-hydrogen) atoms. The fraction of sp³-hybridized carbons (Fsp3) is 0.381. The molecule has 2 amide bonds. The molecule has 1 N–H and O–H groups in total. The van der Waals surface area contributed by atoms with Crippen molar-refractivity contribution in [3.8, 4) is 0 Å². The molecule has 3 heterocycles. The van der Waals surface area contributed by atoms with Gasteiger partial charge < -0.3 is 10.2 Å². The first kappa shape index (κ1) is 20.5. The zero-order valence-electron chi connectivity index (χ0n) is 16.5. The van der Waals surface area contributed by atoms with Crippen molar-refractivity contribution in [2.75, 3.05) is 24.5 Å². The first-order valence-corrected chi connectivity index (χ1v) is 11.5. The summed E-state index contributed by atoms with van der Waals surface area (Å²) in [5.41, 5.74) is 1.35. The van der Waals surface area contributed by atoms with Crippen LogP contribution in [-0.4, -0.2) is 49.2 Å². The normalized spacial score (nSPS) is 19.9. The molecule has 158 valence electrons. The van der Waals surface area contributed by atoms with Gasteiger partial charge in [0.2, 0.25) is 21.8 Å². The lowest BCUT2D eigenvalue weighted by Crippen LogP contribution is -2.32. The summed E-state index contributed by atoms with van der Waals surface area (Å²) in [4.78, 5) is 30.9. The molecular weight excluding hydrogens is 404 g/mol. The monoisotopic (exact) mass is 428 g/mol. The van der Waals surface area contributed by atoms with Gasteiger partial charge in [-0.2, -0.15) is 4.31 Å². The van der Waals surface area contributed by atoms with Crippen LogP contribution in [0.1, 0.15) is 25.0 Å². The Kier molecular flexibility index (Phi) is 5.83. The predicted molar refractivity (Wildman–Crippen MR) is 111 cm³/mol. The van der Waals surface area contributed by atoms with E-state index in [1.807, 2.05) is 12.1 Å². The van der Waals surface area contributed by atoms with Crippen molar-refractivity contribution >= 4 is 27.5 Å². The Labute approximate surface area is 175 Å². The van der Waals surface area contributed by atoms with Gasteiger partial charge >= 0.3 is 0 Å².